The molecule has 1 aliphatic heterocycles. The van der Waals surface area contributed by atoms with Gasteiger partial charge in [-0.05, 0) is 44.9 Å². The van der Waals surface area contributed by atoms with Crippen molar-refractivity contribution >= 4 is 11.9 Å². The maximum absolute atomic E-state index is 12.7. The molecule has 5 heteroatoms. The fraction of sp³-hybridized carbons (Fsp3) is 0.867. The zero-order chi connectivity index (χ0) is 14.8. The van der Waals surface area contributed by atoms with Crippen LogP contribution in [0.5, 0.6) is 0 Å². The fourth-order valence-corrected chi connectivity index (χ4v) is 3.63. The number of carboxylic acid groups (broad SMARTS) is 1. The van der Waals surface area contributed by atoms with Crippen LogP contribution in [0, 0.1) is 11.3 Å². The SMILES string of the molecule is CC1(C(=O)N2CCCC(CCC(=O)O)C2)CCCC1N. The number of amides is 1. The molecule has 5 nitrogen and oxygen atoms in total. The predicted molar refractivity (Wildman–Crippen MR) is 76.1 cm³/mol. The topological polar surface area (TPSA) is 83.6 Å². The van der Waals surface area contributed by atoms with Gasteiger partial charge in [-0.2, -0.15) is 0 Å². The molecular weight excluding hydrogens is 256 g/mol. The van der Waals surface area contributed by atoms with Gasteiger partial charge in [0.15, 0.2) is 0 Å². The highest BCUT2D eigenvalue weighted by Gasteiger charge is 2.45. The summed E-state index contributed by atoms with van der Waals surface area (Å²) in [6, 6.07) is -0.0330. The third-order valence-electron chi connectivity index (χ3n) is 5.09. The molecule has 114 valence electrons. The lowest BCUT2D eigenvalue weighted by molar-refractivity contribution is -0.143. The predicted octanol–water partition coefficient (Wildman–Crippen LogP) is 1.61. The normalized spacial score (nSPS) is 34.2. The van der Waals surface area contributed by atoms with Crippen molar-refractivity contribution in [2.45, 2.75) is 57.9 Å². The third-order valence-corrected chi connectivity index (χ3v) is 5.09. The van der Waals surface area contributed by atoms with Crippen molar-refractivity contribution in [3.05, 3.63) is 0 Å². The molecule has 20 heavy (non-hydrogen) atoms. The van der Waals surface area contributed by atoms with Crippen molar-refractivity contribution in [3.63, 3.8) is 0 Å². The van der Waals surface area contributed by atoms with Crippen molar-refractivity contribution in [1.82, 2.24) is 4.90 Å². The van der Waals surface area contributed by atoms with Crippen LogP contribution in [0.2, 0.25) is 0 Å². The first-order valence-electron chi connectivity index (χ1n) is 7.70. The molecule has 1 amide bonds. The Morgan fingerprint density at radius 2 is 2.10 bits per heavy atom. The van der Waals surface area contributed by atoms with Crippen molar-refractivity contribution in [3.8, 4) is 0 Å². The van der Waals surface area contributed by atoms with Crippen LogP contribution in [0.25, 0.3) is 0 Å². The van der Waals surface area contributed by atoms with Crippen LogP contribution in [0.4, 0.5) is 0 Å². The van der Waals surface area contributed by atoms with Gasteiger partial charge in [-0.25, -0.2) is 0 Å². The van der Waals surface area contributed by atoms with Gasteiger partial charge in [0, 0.05) is 25.6 Å². The molecule has 3 unspecified atom stereocenters. The van der Waals surface area contributed by atoms with Crippen LogP contribution in [-0.2, 0) is 9.59 Å². The highest BCUT2D eigenvalue weighted by atomic mass is 16.4. The molecule has 3 atom stereocenters. The van der Waals surface area contributed by atoms with E-state index in [0.717, 1.165) is 38.6 Å². The van der Waals surface area contributed by atoms with Crippen molar-refractivity contribution in [2.24, 2.45) is 17.1 Å². The minimum Gasteiger partial charge on any atom is -0.481 e. The maximum atomic E-state index is 12.7. The van der Waals surface area contributed by atoms with Crippen molar-refractivity contribution in [1.29, 1.82) is 0 Å². The van der Waals surface area contributed by atoms with Crippen molar-refractivity contribution < 1.29 is 14.7 Å². The second kappa shape index (κ2) is 6.12. The Morgan fingerprint density at radius 3 is 2.70 bits per heavy atom. The third kappa shape index (κ3) is 3.14. The van der Waals surface area contributed by atoms with Crippen LogP contribution >= 0.6 is 0 Å². The second-order valence-corrected chi connectivity index (χ2v) is 6.61. The zero-order valence-electron chi connectivity index (χ0n) is 12.3. The summed E-state index contributed by atoms with van der Waals surface area (Å²) in [5.74, 6) is -0.245. The number of aliphatic carboxylic acids is 1. The zero-order valence-corrected chi connectivity index (χ0v) is 12.3. The average Bonchev–Trinajstić information content (AvgIpc) is 2.77. The number of nitrogens with two attached hydrogens (primary N) is 1. The summed E-state index contributed by atoms with van der Waals surface area (Å²) < 4.78 is 0. The molecule has 0 aromatic carbocycles. The van der Waals surface area contributed by atoms with Crippen LogP contribution in [0.3, 0.4) is 0 Å². The summed E-state index contributed by atoms with van der Waals surface area (Å²) in [7, 11) is 0. The molecule has 1 saturated heterocycles. The van der Waals surface area contributed by atoms with Gasteiger partial charge in [-0.3, -0.25) is 9.59 Å². The van der Waals surface area contributed by atoms with Gasteiger partial charge in [0.25, 0.3) is 0 Å². The van der Waals surface area contributed by atoms with E-state index in [0.29, 0.717) is 18.9 Å². The van der Waals surface area contributed by atoms with E-state index in [2.05, 4.69) is 0 Å². The van der Waals surface area contributed by atoms with E-state index in [1.807, 2.05) is 11.8 Å². The van der Waals surface area contributed by atoms with Gasteiger partial charge in [0.1, 0.15) is 0 Å². The Kier molecular flexibility index (Phi) is 4.68. The molecular formula is C15H26N2O3. The van der Waals surface area contributed by atoms with Crippen LogP contribution in [0.15, 0.2) is 0 Å². The Balaban J connectivity index is 1.94. The van der Waals surface area contributed by atoms with Crippen LogP contribution in [-0.4, -0.2) is 41.0 Å². The highest BCUT2D eigenvalue weighted by molar-refractivity contribution is 5.83. The lowest BCUT2D eigenvalue weighted by Crippen LogP contribution is -2.52. The van der Waals surface area contributed by atoms with Gasteiger partial charge in [-0.15, -0.1) is 0 Å². The average molecular weight is 282 g/mol. The number of piperidine rings is 1. The number of carbonyl (C=O) groups is 2. The Morgan fingerprint density at radius 1 is 1.35 bits per heavy atom. The van der Waals surface area contributed by atoms with E-state index < -0.39 is 11.4 Å². The maximum Gasteiger partial charge on any atom is 0.303 e. The number of hydrogen-bond acceptors (Lipinski definition) is 3. The Hall–Kier alpha value is -1.10. The molecule has 0 bridgehead atoms. The number of carbonyl (C=O) groups excluding carboxylic acids is 1. The first-order chi connectivity index (χ1) is 9.43. The lowest BCUT2D eigenvalue weighted by atomic mass is 9.82. The van der Waals surface area contributed by atoms with Gasteiger partial charge >= 0.3 is 5.97 Å². The summed E-state index contributed by atoms with van der Waals surface area (Å²) >= 11 is 0. The first kappa shape index (κ1) is 15.3. The molecule has 3 N–H and O–H groups in total. The minimum atomic E-state index is -0.752. The van der Waals surface area contributed by atoms with Gasteiger partial charge in [0.2, 0.25) is 5.91 Å². The fourth-order valence-electron chi connectivity index (χ4n) is 3.63. The van der Waals surface area contributed by atoms with E-state index in [1.165, 1.54) is 0 Å². The molecule has 0 spiro atoms. The summed E-state index contributed by atoms with van der Waals surface area (Å²) in [5.41, 5.74) is 5.72. The molecule has 1 saturated carbocycles. The molecule has 2 aliphatic rings. The van der Waals surface area contributed by atoms with Gasteiger partial charge < -0.3 is 15.7 Å². The molecule has 0 aromatic heterocycles. The Labute approximate surface area is 120 Å². The number of carboxylic acids is 1. The number of hydrogen-bond donors (Lipinski definition) is 2. The molecule has 0 radical (unpaired) electrons. The number of rotatable bonds is 4. The number of likely N-dealkylation sites (tertiary alicyclic amines) is 1. The minimum absolute atomic E-state index is 0.0330. The van der Waals surface area contributed by atoms with Crippen molar-refractivity contribution in [2.75, 3.05) is 13.1 Å². The molecule has 2 rings (SSSR count). The summed E-state index contributed by atoms with van der Waals surface area (Å²) in [6.07, 6.45) is 5.70. The second-order valence-electron chi connectivity index (χ2n) is 6.61. The Bertz CT molecular complexity index is 385. The monoisotopic (exact) mass is 282 g/mol. The van der Waals surface area contributed by atoms with Gasteiger partial charge in [0.05, 0.1) is 5.41 Å². The van der Waals surface area contributed by atoms with E-state index in [9.17, 15) is 9.59 Å². The quantitative estimate of drug-likeness (QED) is 0.820. The molecule has 0 aromatic rings. The van der Waals surface area contributed by atoms with Crippen LogP contribution in [0.1, 0.15) is 51.9 Å². The molecule has 2 fully saturated rings. The van der Waals surface area contributed by atoms with E-state index >= 15 is 0 Å². The largest absolute Gasteiger partial charge is 0.481 e. The molecule has 1 aliphatic carbocycles. The first-order valence-corrected chi connectivity index (χ1v) is 7.70. The summed E-state index contributed by atoms with van der Waals surface area (Å²) in [6.45, 7) is 3.49. The molecule has 1 heterocycles. The van der Waals surface area contributed by atoms with Crippen LogP contribution < -0.4 is 5.73 Å². The van der Waals surface area contributed by atoms with Gasteiger partial charge in [-0.1, -0.05) is 6.42 Å². The summed E-state index contributed by atoms with van der Waals surface area (Å²) in [4.78, 5) is 25.3. The standard InChI is InChI=1S/C15H26N2O3/c1-15(8-2-5-12(15)16)14(20)17-9-3-4-11(10-17)6-7-13(18)19/h11-12H,2-10,16H2,1H3,(H,18,19). The smallest absolute Gasteiger partial charge is 0.303 e. The van der Waals surface area contributed by atoms with E-state index in [4.69, 9.17) is 10.8 Å². The summed E-state index contributed by atoms with van der Waals surface area (Å²) in [5, 5.41) is 8.77. The van der Waals surface area contributed by atoms with E-state index in [-0.39, 0.29) is 18.4 Å². The van der Waals surface area contributed by atoms with E-state index in [1.54, 1.807) is 0 Å². The highest BCUT2D eigenvalue weighted by Crippen LogP contribution is 2.39. The number of nitrogens with zero attached hydrogens (tertiary/aromatic N) is 1. The lowest BCUT2D eigenvalue weighted by Gasteiger charge is -2.39.